The molecular formula is C21H37N3OS+2. The van der Waals surface area contributed by atoms with Crippen LogP contribution in [0.2, 0.25) is 0 Å². The molecule has 1 aliphatic rings. The molecule has 0 bridgehead atoms. The number of piperidine rings is 1. The number of rotatable bonds is 8. The number of benzene rings is 1. The molecule has 1 aliphatic heterocycles. The van der Waals surface area contributed by atoms with Crippen molar-refractivity contribution in [3.63, 3.8) is 0 Å². The Kier molecular flexibility index (Phi) is 7.99. The highest BCUT2D eigenvalue weighted by Crippen LogP contribution is 2.16. The Labute approximate surface area is 163 Å². The molecule has 0 spiro atoms. The topological polar surface area (TPSA) is 38.0 Å². The lowest BCUT2D eigenvalue weighted by Gasteiger charge is -2.30. The fourth-order valence-electron chi connectivity index (χ4n) is 3.99. The SMILES string of the molecule is CSc1ccc(C[NH+]2CCC(C(=O)NCC(C)(C)C[NH+](C)C)CC2)cc1. The number of nitrogens with one attached hydrogen (secondary N) is 3. The number of thioether (sulfide) groups is 1. The molecule has 3 N–H and O–H groups in total. The zero-order valence-corrected chi connectivity index (χ0v) is 18.0. The molecule has 1 saturated heterocycles. The van der Waals surface area contributed by atoms with E-state index in [-0.39, 0.29) is 17.2 Å². The number of quaternary nitrogens is 2. The van der Waals surface area contributed by atoms with Crippen LogP contribution in [-0.4, -0.2) is 52.4 Å². The Morgan fingerprint density at radius 3 is 2.38 bits per heavy atom. The average molecular weight is 380 g/mol. The highest BCUT2D eigenvalue weighted by atomic mass is 32.2. The van der Waals surface area contributed by atoms with E-state index < -0.39 is 0 Å². The van der Waals surface area contributed by atoms with Gasteiger partial charge in [0, 0.05) is 41.2 Å². The van der Waals surface area contributed by atoms with Gasteiger partial charge in [-0.2, -0.15) is 0 Å². The highest BCUT2D eigenvalue weighted by Gasteiger charge is 2.29. The van der Waals surface area contributed by atoms with Crippen molar-refractivity contribution in [1.29, 1.82) is 0 Å². The maximum absolute atomic E-state index is 12.5. The first kappa shape index (κ1) is 21.3. The number of likely N-dealkylation sites (tertiary alicyclic amines) is 1. The van der Waals surface area contributed by atoms with Gasteiger partial charge in [-0.3, -0.25) is 4.79 Å². The highest BCUT2D eigenvalue weighted by molar-refractivity contribution is 7.98. The maximum Gasteiger partial charge on any atom is 0.223 e. The van der Waals surface area contributed by atoms with Crippen molar-refractivity contribution in [2.45, 2.75) is 38.1 Å². The molecule has 1 amide bonds. The van der Waals surface area contributed by atoms with Gasteiger partial charge in [-0.15, -0.1) is 11.8 Å². The predicted molar refractivity (Wildman–Crippen MR) is 110 cm³/mol. The maximum atomic E-state index is 12.5. The molecule has 26 heavy (non-hydrogen) atoms. The molecule has 2 rings (SSSR count). The summed E-state index contributed by atoms with van der Waals surface area (Å²) in [7, 11) is 4.33. The van der Waals surface area contributed by atoms with E-state index in [1.54, 1.807) is 16.7 Å². The second-order valence-corrected chi connectivity index (χ2v) is 9.69. The quantitative estimate of drug-likeness (QED) is 0.575. The van der Waals surface area contributed by atoms with Gasteiger partial charge in [0.25, 0.3) is 0 Å². The van der Waals surface area contributed by atoms with Crippen LogP contribution >= 0.6 is 11.8 Å². The molecule has 0 aromatic heterocycles. The van der Waals surface area contributed by atoms with Gasteiger partial charge in [0.2, 0.25) is 5.91 Å². The summed E-state index contributed by atoms with van der Waals surface area (Å²) in [6, 6.07) is 8.90. The van der Waals surface area contributed by atoms with Gasteiger partial charge in [0.1, 0.15) is 6.54 Å². The van der Waals surface area contributed by atoms with E-state index in [9.17, 15) is 4.79 Å². The van der Waals surface area contributed by atoms with E-state index in [1.807, 2.05) is 0 Å². The number of amides is 1. The summed E-state index contributed by atoms with van der Waals surface area (Å²) in [6.45, 7) is 9.55. The first-order valence-corrected chi connectivity index (χ1v) is 11.0. The summed E-state index contributed by atoms with van der Waals surface area (Å²) in [4.78, 5) is 16.9. The molecule has 1 heterocycles. The van der Waals surface area contributed by atoms with Crippen molar-refractivity contribution in [2.75, 3.05) is 46.5 Å². The number of carbonyl (C=O) groups excluding carboxylic acids is 1. The lowest BCUT2D eigenvalue weighted by Crippen LogP contribution is -3.11. The molecule has 0 unspecified atom stereocenters. The lowest BCUT2D eigenvalue weighted by atomic mass is 9.91. The Morgan fingerprint density at radius 1 is 1.23 bits per heavy atom. The molecule has 4 nitrogen and oxygen atoms in total. The first-order valence-electron chi connectivity index (χ1n) is 9.82. The Morgan fingerprint density at radius 2 is 1.85 bits per heavy atom. The van der Waals surface area contributed by atoms with Crippen molar-refractivity contribution in [1.82, 2.24) is 5.32 Å². The van der Waals surface area contributed by atoms with Gasteiger partial charge >= 0.3 is 0 Å². The molecule has 0 aliphatic carbocycles. The average Bonchev–Trinajstić information content (AvgIpc) is 2.60. The van der Waals surface area contributed by atoms with Gasteiger partial charge in [-0.05, 0) is 18.4 Å². The summed E-state index contributed by atoms with van der Waals surface area (Å²) >= 11 is 1.78. The molecule has 1 aromatic rings. The smallest absolute Gasteiger partial charge is 0.223 e. The summed E-state index contributed by atoms with van der Waals surface area (Å²) < 4.78 is 0. The van der Waals surface area contributed by atoms with Crippen molar-refractivity contribution < 1.29 is 14.6 Å². The van der Waals surface area contributed by atoms with E-state index in [0.29, 0.717) is 0 Å². The minimum Gasteiger partial charge on any atom is -0.355 e. The normalized spacial score (nSPS) is 21.0. The summed E-state index contributed by atoms with van der Waals surface area (Å²) in [6.07, 6.45) is 4.12. The Hall–Kier alpha value is -1.04. The van der Waals surface area contributed by atoms with Crippen LogP contribution in [0.25, 0.3) is 0 Å². The van der Waals surface area contributed by atoms with Crippen molar-refractivity contribution >= 4 is 17.7 Å². The van der Waals surface area contributed by atoms with Crippen LogP contribution in [-0.2, 0) is 11.3 Å². The Balaban J connectivity index is 1.74. The summed E-state index contributed by atoms with van der Waals surface area (Å²) in [5.74, 6) is 0.454. The fraction of sp³-hybridized carbons (Fsp3) is 0.667. The summed E-state index contributed by atoms with van der Waals surface area (Å²) in [5, 5.41) is 3.21. The first-order chi connectivity index (χ1) is 12.3. The lowest BCUT2D eigenvalue weighted by molar-refractivity contribution is -0.919. The zero-order valence-electron chi connectivity index (χ0n) is 17.2. The van der Waals surface area contributed by atoms with Gasteiger partial charge < -0.3 is 15.1 Å². The van der Waals surface area contributed by atoms with E-state index >= 15 is 0 Å². The van der Waals surface area contributed by atoms with Gasteiger partial charge in [-0.25, -0.2) is 0 Å². The monoisotopic (exact) mass is 379 g/mol. The van der Waals surface area contributed by atoms with Crippen molar-refractivity contribution in [3.05, 3.63) is 29.8 Å². The van der Waals surface area contributed by atoms with Gasteiger partial charge in [0.15, 0.2) is 0 Å². The minimum atomic E-state index is 0.142. The van der Waals surface area contributed by atoms with E-state index in [4.69, 9.17) is 0 Å². The van der Waals surface area contributed by atoms with Crippen LogP contribution in [0.3, 0.4) is 0 Å². The third-order valence-electron chi connectivity index (χ3n) is 5.25. The van der Waals surface area contributed by atoms with Crippen molar-refractivity contribution in [3.8, 4) is 0 Å². The Bertz CT molecular complexity index is 563. The number of carbonyl (C=O) groups is 1. The van der Waals surface area contributed by atoms with E-state index in [0.717, 1.165) is 45.6 Å². The van der Waals surface area contributed by atoms with Crippen LogP contribution in [0.5, 0.6) is 0 Å². The molecule has 0 saturated carbocycles. The van der Waals surface area contributed by atoms with Crippen LogP contribution < -0.4 is 15.1 Å². The predicted octanol–water partition coefficient (Wildman–Crippen LogP) is 0.490. The third kappa shape index (κ3) is 6.93. The summed E-state index contributed by atoms with van der Waals surface area (Å²) in [5.41, 5.74) is 1.54. The largest absolute Gasteiger partial charge is 0.355 e. The van der Waals surface area contributed by atoms with Gasteiger partial charge in [0.05, 0.1) is 33.7 Å². The molecule has 0 atom stereocenters. The second-order valence-electron chi connectivity index (χ2n) is 8.82. The molecule has 1 fully saturated rings. The van der Waals surface area contributed by atoms with E-state index in [1.165, 1.54) is 15.4 Å². The van der Waals surface area contributed by atoms with Crippen LogP contribution in [0, 0.1) is 11.3 Å². The molecule has 146 valence electrons. The standard InChI is InChI=1S/C21H35N3OS/c1-21(2,16-23(3)4)15-22-20(25)18-10-12-24(13-11-18)14-17-6-8-19(26-5)9-7-17/h6-9,18H,10-16H2,1-5H3,(H,22,25)/p+2. The minimum absolute atomic E-state index is 0.142. The third-order valence-corrected chi connectivity index (χ3v) is 5.99. The number of hydrogen-bond acceptors (Lipinski definition) is 2. The molecule has 5 heteroatoms. The van der Waals surface area contributed by atoms with Gasteiger partial charge in [-0.1, -0.05) is 26.0 Å². The molecule has 0 radical (unpaired) electrons. The van der Waals surface area contributed by atoms with E-state index in [2.05, 4.69) is 63.8 Å². The van der Waals surface area contributed by atoms with Crippen LogP contribution in [0.15, 0.2) is 29.2 Å². The fourth-order valence-corrected chi connectivity index (χ4v) is 4.40. The second kappa shape index (κ2) is 9.77. The zero-order chi connectivity index (χ0) is 19.2. The van der Waals surface area contributed by atoms with Crippen molar-refractivity contribution in [2.24, 2.45) is 11.3 Å². The molecular weight excluding hydrogens is 342 g/mol. The number of hydrogen-bond donors (Lipinski definition) is 3. The van der Waals surface area contributed by atoms with Crippen LogP contribution in [0.1, 0.15) is 32.3 Å². The van der Waals surface area contributed by atoms with Crippen LogP contribution in [0.4, 0.5) is 0 Å². The molecule has 1 aromatic carbocycles.